The predicted molar refractivity (Wildman–Crippen MR) is 137 cm³/mol. The summed E-state index contributed by atoms with van der Waals surface area (Å²) in [6.45, 7) is 7.87. The molecule has 2 amide bonds. The van der Waals surface area contributed by atoms with Crippen LogP contribution in [0.25, 0.3) is 0 Å². The minimum atomic E-state index is -3.63. The second-order valence-electron chi connectivity index (χ2n) is 8.92. The molecule has 0 aromatic heterocycles. The van der Waals surface area contributed by atoms with Crippen LogP contribution in [0.15, 0.2) is 48.5 Å². The number of carbonyl (C=O) groups is 2. The summed E-state index contributed by atoms with van der Waals surface area (Å²) in [7, 11) is -3.63. The molecular weight excluding hydrogens is 469 g/mol. The van der Waals surface area contributed by atoms with Crippen LogP contribution in [-0.4, -0.2) is 50.0 Å². The number of nitrogens with zero attached hydrogens (tertiary/aromatic N) is 2. The normalized spacial score (nSPS) is 13.1. The molecule has 192 valence electrons. The van der Waals surface area contributed by atoms with Gasteiger partial charge in [-0.15, -0.1) is 0 Å². The Morgan fingerprint density at radius 1 is 1.09 bits per heavy atom. The molecule has 0 radical (unpaired) electrons. The molecule has 0 saturated carbocycles. The summed E-state index contributed by atoms with van der Waals surface area (Å²) in [4.78, 5) is 27.6. The lowest BCUT2D eigenvalue weighted by molar-refractivity contribution is -0.140. The van der Waals surface area contributed by atoms with Gasteiger partial charge in [0.15, 0.2) is 0 Å². The van der Waals surface area contributed by atoms with Gasteiger partial charge >= 0.3 is 0 Å². The molecule has 0 bridgehead atoms. The summed E-state index contributed by atoms with van der Waals surface area (Å²) in [5, 5.41) is 2.93. The number of rotatable bonds is 12. The Morgan fingerprint density at radius 2 is 1.74 bits per heavy atom. The molecule has 0 heterocycles. The lowest BCUT2D eigenvalue weighted by atomic mass is 10.1. The molecule has 0 spiro atoms. The molecule has 0 unspecified atom stereocenters. The largest absolute Gasteiger partial charge is 0.352 e. The number of sulfonamides is 1. The molecule has 0 aliphatic heterocycles. The molecular formula is C26H36FN3O4S. The maximum absolute atomic E-state index is 13.3. The summed E-state index contributed by atoms with van der Waals surface area (Å²) in [5.41, 5.74) is 2.29. The Kier molecular flexibility index (Phi) is 10.2. The summed E-state index contributed by atoms with van der Waals surface area (Å²) in [5.74, 6) is -0.941. The molecule has 0 aliphatic rings. The molecule has 2 rings (SSSR count). The van der Waals surface area contributed by atoms with Gasteiger partial charge in [0.05, 0.1) is 11.9 Å². The van der Waals surface area contributed by atoms with Crippen molar-refractivity contribution in [2.45, 2.75) is 65.6 Å². The summed E-state index contributed by atoms with van der Waals surface area (Å²) in [6.07, 6.45) is 2.14. The first-order chi connectivity index (χ1) is 16.4. The van der Waals surface area contributed by atoms with Crippen molar-refractivity contribution >= 4 is 27.5 Å². The van der Waals surface area contributed by atoms with Crippen LogP contribution in [0.1, 0.15) is 51.2 Å². The smallest absolute Gasteiger partial charge is 0.242 e. The third kappa shape index (κ3) is 8.65. The van der Waals surface area contributed by atoms with E-state index >= 15 is 0 Å². The van der Waals surface area contributed by atoms with Crippen LogP contribution in [0.2, 0.25) is 0 Å². The Balaban J connectivity index is 2.16. The van der Waals surface area contributed by atoms with Crippen LogP contribution in [0.4, 0.5) is 10.1 Å². The second kappa shape index (κ2) is 12.7. The van der Waals surface area contributed by atoms with Crippen LogP contribution < -0.4 is 9.62 Å². The van der Waals surface area contributed by atoms with E-state index in [1.807, 2.05) is 45.0 Å². The number of anilines is 1. The van der Waals surface area contributed by atoms with E-state index in [9.17, 15) is 22.4 Å². The fourth-order valence-electron chi connectivity index (χ4n) is 3.67. The van der Waals surface area contributed by atoms with Gasteiger partial charge in [-0.3, -0.25) is 13.9 Å². The third-order valence-electron chi connectivity index (χ3n) is 5.87. The molecule has 2 aromatic carbocycles. The standard InChI is InChI=1S/C26H36FN3O4S/c1-6-20(3)28-26(32)21(4)29(18-22-10-7-9-19(2)17-22)25(31)11-8-16-30(35(5,33)34)24-14-12-23(27)13-15-24/h7,9-10,12-15,17,20-21H,6,8,11,16,18H2,1-5H3,(H,28,32)/t20-,21+/m1/s1. The van der Waals surface area contributed by atoms with Gasteiger partial charge in [-0.25, -0.2) is 12.8 Å². The molecule has 0 saturated heterocycles. The Hall–Kier alpha value is -2.94. The van der Waals surface area contributed by atoms with Crippen molar-refractivity contribution in [2.24, 2.45) is 0 Å². The van der Waals surface area contributed by atoms with Crippen LogP contribution >= 0.6 is 0 Å². The van der Waals surface area contributed by atoms with Crippen LogP contribution in [-0.2, 0) is 26.2 Å². The lowest BCUT2D eigenvalue weighted by Gasteiger charge is -2.30. The van der Waals surface area contributed by atoms with Gasteiger partial charge < -0.3 is 10.2 Å². The van der Waals surface area contributed by atoms with Crippen molar-refractivity contribution in [2.75, 3.05) is 17.1 Å². The van der Waals surface area contributed by atoms with E-state index in [1.165, 1.54) is 29.2 Å². The van der Waals surface area contributed by atoms with Crippen LogP contribution in [0.5, 0.6) is 0 Å². The Labute approximate surface area is 208 Å². The highest BCUT2D eigenvalue weighted by atomic mass is 32.2. The Morgan fingerprint density at radius 3 is 2.31 bits per heavy atom. The first kappa shape index (κ1) is 28.3. The lowest BCUT2D eigenvalue weighted by Crippen LogP contribution is -2.49. The van der Waals surface area contributed by atoms with E-state index < -0.39 is 21.9 Å². The van der Waals surface area contributed by atoms with Crippen LogP contribution in [0, 0.1) is 12.7 Å². The van der Waals surface area contributed by atoms with Crippen molar-refractivity contribution < 1.29 is 22.4 Å². The predicted octanol–water partition coefficient (Wildman–Crippen LogP) is 4.01. The van der Waals surface area contributed by atoms with Crippen LogP contribution in [0.3, 0.4) is 0 Å². The minimum Gasteiger partial charge on any atom is -0.352 e. The summed E-state index contributed by atoms with van der Waals surface area (Å²) < 4.78 is 39.1. The van der Waals surface area contributed by atoms with E-state index in [0.29, 0.717) is 5.69 Å². The van der Waals surface area contributed by atoms with E-state index in [1.54, 1.807) is 6.92 Å². The topological polar surface area (TPSA) is 86.8 Å². The van der Waals surface area contributed by atoms with Gasteiger partial charge in [-0.1, -0.05) is 36.8 Å². The zero-order valence-electron chi connectivity index (χ0n) is 21.1. The van der Waals surface area contributed by atoms with E-state index in [4.69, 9.17) is 0 Å². The molecule has 7 nitrogen and oxygen atoms in total. The van der Waals surface area contributed by atoms with Crippen molar-refractivity contribution in [3.05, 3.63) is 65.5 Å². The Bertz CT molecular complexity index is 1110. The van der Waals surface area contributed by atoms with Crippen molar-refractivity contribution in [1.82, 2.24) is 10.2 Å². The maximum Gasteiger partial charge on any atom is 0.242 e. The highest BCUT2D eigenvalue weighted by molar-refractivity contribution is 7.92. The maximum atomic E-state index is 13.3. The number of benzene rings is 2. The van der Waals surface area contributed by atoms with E-state index in [-0.39, 0.29) is 43.8 Å². The highest BCUT2D eigenvalue weighted by Gasteiger charge is 2.27. The fourth-order valence-corrected chi connectivity index (χ4v) is 4.63. The van der Waals surface area contributed by atoms with Gasteiger partial charge in [0.25, 0.3) is 0 Å². The number of amides is 2. The van der Waals surface area contributed by atoms with Gasteiger partial charge in [0, 0.05) is 25.6 Å². The monoisotopic (exact) mass is 505 g/mol. The molecule has 1 N–H and O–H groups in total. The fraction of sp³-hybridized carbons (Fsp3) is 0.462. The number of carbonyl (C=O) groups excluding carboxylic acids is 2. The average Bonchev–Trinajstić information content (AvgIpc) is 2.79. The van der Waals surface area contributed by atoms with Gasteiger partial charge in [-0.05, 0) is 63.4 Å². The molecule has 0 fully saturated rings. The first-order valence-corrected chi connectivity index (χ1v) is 13.7. The zero-order chi connectivity index (χ0) is 26.2. The number of halogens is 1. The first-order valence-electron chi connectivity index (χ1n) is 11.8. The number of nitrogens with one attached hydrogen (secondary N) is 1. The average molecular weight is 506 g/mol. The molecule has 9 heteroatoms. The van der Waals surface area contributed by atoms with Gasteiger partial charge in [0.2, 0.25) is 21.8 Å². The number of aryl methyl sites for hydroxylation is 1. The minimum absolute atomic E-state index is 0.0140. The highest BCUT2D eigenvalue weighted by Crippen LogP contribution is 2.20. The van der Waals surface area contributed by atoms with Crippen molar-refractivity contribution in [1.29, 1.82) is 0 Å². The van der Waals surface area contributed by atoms with E-state index in [2.05, 4.69) is 5.32 Å². The quantitative estimate of drug-likeness (QED) is 0.472. The molecule has 35 heavy (non-hydrogen) atoms. The van der Waals surface area contributed by atoms with Crippen molar-refractivity contribution in [3.63, 3.8) is 0 Å². The summed E-state index contributed by atoms with van der Waals surface area (Å²) in [6, 6.07) is 12.2. The summed E-state index contributed by atoms with van der Waals surface area (Å²) >= 11 is 0. The van der Waals surface area contributed by atoms with E-state index in [0.717, 1.165) is 28.1 Å². The van der Waals surface area contributed by atoms with Gasteiger partial charge in [0.1, 0.15) is 11.9 Å². The second-order valence-corrected chi connectivity index (χ2v) is 10.8. The molecule has 2 atom stereocenters. The molecule has 2 aromatic rings. The SMILES string of the molecule is CC[C@@H](C)NC(=O)[C@H](C)N(Cc1cccc(C)c1)C(=O)CCCN(c1ccc(F)cc1)S(C)(=O)=O. The third-order valence-corrected chi connectivity index (χ3v) is 7.06. The zero-order valence-corrected chi connectivity index (χ0v) is 21.9. The molecule has 0 aliphatic carbocycles. The number of hydrogen-bond donors (Lipinski definition) is 1. The van der Waals surface area contributed by atoms with Gasteiger partial charge in [-0.2, -0.15) is 0 Å². The van der Waals surface area contributed by atoms with Crippen molar-refractivity contribution in [3.8, 4) is 0 Å². The number of hydrogen-bond acceptors (Lipinski definition) is 4.